The predicted molar refractivity (Wildman–Crippen MR) is 123 cm³/mol. The van der Waals surface area contributed by atoms with E-state index in [1.165, 1.54) is 55.6 Å². The zero-order chi connectivity index (χ0) is 27.2. The number of hydrogen-bond acceptors (Lipinski definition) is 8. The number of carbonyl (C=O) groups excluding carboxylic acids is 3. The third-order valence-electron chi connectivity index (χ3n) is 4.81. The molecule has 0 amide bonds. The van der Waals surface area contributed by atoms with Gasteiger partial charge in [0, 0.05) is 6.07 Å². The quantitative estimate of drug-likeness (QED) is 0.262. The van der Waals surface area contributed by atoms with Crippen LogP contribution >= 0.6 is 0 Å². The predicted octanol–water partition coefficient (Wildman–Crippen LogP) is 4.65. The van der Waals surface area contributed by atoms with Crippen molar-refractivity contribution in [1.29, 1.82) is 0 Å². The van der Waals surface area contributed by atoms with Crippen molar-refractivity contribution in [3.05, 3.63) is 95.6 Å². The average Bonchev–Trinajstić information content (AvgIpc) is 2.88. The minimum absolute atomic E-state index is 0.0620. The third-order valence-corrected chi connectivity index (χ3v) is 4.81. The van der Waals surface area contributed by atoms with Crippen LogP contribution in [0.4, 0.5) is 13.2 Å². The van der Waals surface area contributed by atoms with Gasteiger partial charge in [0.25, 0.3) is 0 Å². The van der Waals surface area contributed by atoms with Crippen molar-refractivity contribution in [2.75, 3.05) is 7.11 Å². The zero-order valence-electron chi connectivity index (χ0n) is 19.2. The number of halogens is 3. The van der Waals surface area contributed by atoms with E-state index < -0.39 is 35.4 Å². The molecule has 37 heavy (non-hydrogen) atoms. The number of ether oxygens (including phenoxy) is 4. The van der Waals surface area contributed by atoms with Crippen molar-refractivity contribution in [1.82, 2.24) is 0 Å². The number of aliphatic hydroxyl groups excluding tert-OH is 1. The first-order chi connectivity index (χ1) is 17.5. The van der Waals surface area contributed by atoms with Gasteiger partial charge in [0.1, 0.15) is 17.1 Å². The zero-order valence-corrected chi connectivity index (χ0v) is 19.2. The van der Waals surface area contributed by atoms with Crippen molar-refractivity contribution in [3.8, 4) is 23.0 Å². The summed E-state index contributed by atoms with van der Waals surface area (Å²) < 4.78 is 58.2. The topological polar surface area (TPSA) is 108 Å². The molecule has 0 aromatic heterocycles. The van der Waals surface area contributed by atoms with Crippen LogP contribution in [0.1, 0.15) is 26.3 Å². The number of methoxy groups -OCH3 is 1. The highest BCUT2D eigenvalue weighted by Crippen LogP contribution is 2.34. The van der Waals surface area contributed by atoms with Crippen molar-refractivity contribution in [2.45, 2.75) is 12.8 Å². The first-order valence-corrected chi connectivity index (χ1v) is 10.4. The van der Waals surface area contributed by atoms with Gasteiger partial charge in [-0.2, -0.15) is 13.2 Å². The molecule has 0 spiro atoms. The largest absolute Gasteiger partial charge is 0.493 e. The molecule has 0 fully saturated rings. The molecule has 0 radical (unpaired) electrons. The van der Waals surface area contributed by atoms with Crippen LogP contribution in [0.25, 0.3) is 0 Å². The highest BCUT2D eigenvalue weighted by Gasteiger charge is 2.38. The van der Waals surface area contributed by atoms with Crippen molar-refractivity contribution < 1.29 is 51.6 Å². The Morgan fingerprint density at radius 2 is 1.30 bits per heavy atom. The summed E-state index contributed by atoms with van der Waals surface area (Å²) in [5.41, 5.74) is -0.768. The molecule has 3 aromatic rings. The molecule has 0 bridgehead atoms. The fraction of sp³-hybridized carbons (Fsp3) is 0.115. The van der Waals surface area contributed by atoms with Crippen molar-refractivity contribution >= 4 is 17.9 Å². The van der Waals surface area contributed by atoms with Crippen LogP contribution in [0.5, 0.6) is 23.0 Å². The maximum atomic E-state index is 12.7. The summed E-state index contributed by atoms with van der Waals surface area (Å²) in [7, 11) is 1.20. The van der Waals surface area contributed by atoms with Crippen LogP contribution in [0.3, 0.4) is 0 Å². The van der Waals surface area contributed by atoms with Gasteiger partial charge in [0.2, 0.25) is 0 Å². The molecule has 8 nitrogen and oxygen atoms in total. The second-order valence-corrected chi connectivity index (χ2v) is 7.34. The first-order valence-electron chi connectivity index (χ1n) is 10.4. The monoisotopic (exact) mass is 516 g/mol. The van der Waals surface area contributed by atoms with Crippen LogP contribution in [-0.2, 0) is 11.4 Å². The Balaban J connectivity index is 1.67. The molecule has 192 valence electrons. The average molecular weight is 516 g/mol. The van der Waals surface area contributed by atoms with Gasteiger partial charge in [-0.15, -0.1) is 0 Å². The fourth-order valence-electron chi connectivity index (χ4n) is 2.81. The summed E-state index contributed by atoms with van der Waals surface area (Å²) in [5, 5.41) is 9.06. The summed E-state index contributed by atoms with van der Waals surface area (Å²) in [6, 6.07) is 15.1. The Morgan fingerprint density at radius 3 is 1.81 bits per heavy atom. The molecule has 0 aliphatic rings. The minimum Gasteiger partial charge on any atom is -0.493 e. The van der Waals surface area contributed by atoms with Crippen LogP contribution in [0.15, 0.2) is 78.9 Å². The lowest BCUT2D eigenvalue weighted by atomic mass is 10.1. The highest BCUT2D eigenvalue weighted by molar-refractivity contribution is 5.93. The fourth-order valence-corrected chi connectivity index (χ4v) is 2.81. The molecular formula is C26H19F3O8. The first kappa shape index (κ1) is 27.0. The number of aliphatic hydroxyl groups is 1. The van der Waals surface area contributed by atoms with Crippen LogP contribution in [0, 0.1) is 0 Å². The van der Waals surface area contributed by atoms with Gasteiger partial charge < -0.3 is 24.1 Å². The number of rotatable bonds is 8. The van der Waals surface area contributed by atoms with E-state index in [-0.39, 0.29) is 35.0 Å². The summed E-state index contributed by atoms with van der Waals surface area (Å²) in [6.07, 6.45) is -4.99. The summed E-state index contributed by atoms with van der Waals surface area (Å²) >= 11 is 0. The van der Waals surface area contributed by atoms with E-state index in [0.717, 1.165) is 6.07 Å². The Hall–Kier alpha value is -4.64. The van der Waals surface area contributed by atoms with Gasteiger partial charge in [-0.25, -0.2) is 14.4 Å². The number of alkyl halides is 3. The molecule has 0 aliphatic heterocycles. The molecule has 1 N–H and O–H groups in total. The van der Waals surface area contributed by atoms with E-state index in [4.69, 9.17) is 24.1 Å². The van der Waals surface area contributed by atoms with Gasteiger partial charge in [-0.3, -0.25) is 0 Å². The molecule has 0 saturated carbocycles. The molecular weight excluding hydrogens is 497 g/mol. The Labute approximate surface area is 208 Å². The summed E-state index contributed by atoms with van der Waals surface area (Å²) in [4.78, 5) is 36.5. The molecule has 0 heterocycles. The van der Waals surface area contributed by atoms with E-state index in [1.807, 2.05) is 0 Å². The second kappa shape index (κ2) is 11.4. The Bertz CT molecular complexity index is 1310. The third kappa shape index (κ3) is 6.95. The number of benzene rings is 3. The van der Waals surface area contributed by atoms with E-state index in [9.17, 15) is 27.6 Å². The Kier molecular flexibility index (Phi) is 8.30. The number of hydrogen-bond donors (Lipinski definition) is 1. The van der Waals surface area contributed by atoms with Gasteiger partial charge in [0.15, 0.2) is 11.5 Å². The maximum Gasteiger partial charge on any atom is 0.422 e. The Morgan fingerprint density at radius 1 is 0.784 bits per heavy atom. The lowest BCUT2D eigenvalue weighted by Gasteiger charge is -2.13. The molecule has 0 atom stereocenters. The van der Waals surface area contributed by atoms with Crippen molar-refractivity contribution in [3.63, 3.8) is 0 Å². The minimum atomic E-state index is -4.99. The van der Waals surface area contributed by atoms with Gasteiger partial charge >= 0.3 is 24.1 Å². The van der Waals surface area contributed by atoms with E-state index in [2.05, 4.69) is 6.58 Å². The van der Waals surface area contributed by atoms with Crippen LogP contribution in [-0.4, -0.2) is 36.3 Å². The summed E-state index contributed by atoms with van der Waals surface area (Å²) in [5.74, 6) is -3.74. The number of carbonyl (C=O) groups is 3. The number of esters is 3. The normalized spacial score (nSPS) is 10.8. The standard InChI is InChI=1S/C26H19F3O8/c1-15(26(27,28)29)23(31)37-22-13-20(11-12-21(22)34-2)36-25(33)18-7-9-19(10-8-18)35-24(32)17-5-3-16(14-30)4-6-17/h3-13,30H,1,14H2,2H3. The smallest absolute Gasteiger partial charge is 0.422 e. The SMILES string of the molecule is C=C(C(=O)Oc1cc(OC(=O)c2ccc(OC(=O)c3ccc(CO)cc3)cc2)ccc1OC)C(F)(F)F. The van der Waals surface area contributed by atoms with Crippen LogP contribution in [0.2, 0.25) is 0 Å². The molecule has 0 unspecified atom stereocenters. The molecule has 11 heteroatoms. The van der Waals surface area contributed by atoms with E-state index in [0.29, 0.717) is 5.56 Å². The van der Waals surface area contributed by atoms with Gasteiger partial charge in [-0.05, 0) is 54.1 Å². The lowest BCUT2D eigenvalue weighted by molar-refractivity contribution is -0.142. The van der Waals surface area contributed by atoms with Crippen molar-refractivity contribution in [2.24, 2.45) is 0 Å². The maximum absolute atomic E-state index is 12.7. The summed E-state index contributed by atoms with van der Waals surface area (Å²) in [6.45, 7) is 2.51. The molecule has 0 saturated heterocycles. The van der Waals surface area contributed by atoms with Gasteiger partial charge in [0.05, 0.1) is 24.8 Å². The van der Waals surface area contributed by atoms with Gasteiger partial charge in [-0.1, -0.05) is 18.7 Å². The van der Waals surface area contributed by atoms with E-state index >= 15 is 0 Å². The molecule has 0 aliphatic carbocycles. The second-order valence-electron chi connectivity index (χ2n) is 7.34. The molecule has 3 aromatic carbocycles. The molecule has 3 rings (SSSR count). The highest BCUT2D eigenvalue weighted by atomic mass is 19.4. The van der Waals surface area contributed by atoms with Crippen LogP contribution < -0.4 is 18.9 Å². The lowest BCUT2D eigenvalue weighted by Crippen LogP contribution is -2.23. The van der Waals surface area contributed by atoms with E-state index in [1.54, 1.807) is 12.1 Å².